The summed E-state index contributed by atoms with van der Waals surface area (Å²) < 4.78 is 14.5. The fraction of sp³-hybridized carbons (Fsp3) is 0.0667. The van der Waals surface area contributed by atoms with Crippen molar-refractivity contribution in [1.29, 1.82) is 0 Å². The number of furan rings is 1. The zero-order valence-electron chi connectivity index (χ0n) is 27.8. The Balaban J connectivity index is 1.34. The highest BCUT2D eigenvalue weighted by atomic mass is 16.3. The summed E-state index contributed by atoms with van der Waals surface area (Å²) in [5.74, 6) is 0. The molecule has 5 heteroatoms. The lowest BCUT2D eigenvalue weighted by Crippen LogP contribution is -2.59. The number of aryl methyl sites for hydroxylation is 3. The largest absolute Gasteiger partial charge is 0.439 e. The number of nitrogens with zero attached hydrogens (tertiary/aromatic N) is 3. The summed E-state index contributed by atoms with van der Waals surface area (Å²) in [6.07, 6.45) is 0. The van der Waals surface area contributed by atoms with Crippen molar-refractivity contribution in [3.05, 3.63) is 132 Å². The van der Waals surface area contributed by atoms with E-state index in [9.17, 15) is 0 Å². The summed E-state index contributed by atoms with van der Waals surface area (Å²) in [6.45, 7) is 6.76. The van der Waals surface area contributed by atoms with Crippen molar-refractivity contribution in [3.8, 4) is 11.4 Å². The third kappa shape index (κ3) is 2.69. The lowest BCUT2D eigenvalue weighted by atomic mass is 9.34. The molecule has 2 aliphatic rings. The van der Waals surface area contributed by atoms with Crippen LogP contribution < -0.4 is 16.4 Å². The molecule has 0 bridgehead atoms. The Kier molecular flexibility index (Phi) is 4.29. The van der Waals surface area contributed by atoms with Crippen molar-refractivity contribution < 1.29 is 4.42 Å². The molecule has 0 radical (unpaired) electrons. The summed E-state index contributed by atoms with van der Waals surface area (Å²) in [5, 5.41) is 10.3. The van der Waals surface area contributed by atoms with Gasteiger partial charge < -0.3 is 8.98 Å². The Bertz CT molecular complexity index is 3420. The maximum absolute atomic E-state index is 6.87. The monoisotopic (exact) mass is 637 g/mol. The molecule has 4 nitrogen and oxygen atoms in total. The van der Waals surface area contributed by atoms with Gasteiger partial charge in [-0.1, -0.05) is 91.0 Å². The predicted octanol–water partition coefficient (Wildman–Crippen LogP) is 9.25. The fourth-order valence-electron chi connectivity index (χ4n) is 10.3. The van der Waals surface area contributed by atoms with Crippen LogP contribution in [0.25, 0.3) is 93.5 Å². The molecule has 7 aromatic carbocycles. The second kappa shape index (κ2) is 8.32. The van der Waals surface area contributed by atoms with Crippen molar-refractivity contribution in [1.82, 2.24) is 13.5 Å². The van der Waals surface area contributed by atoms with Crippen LogP contribution in [0.5, 0.6) is 0 Å². The number of hydrogen-bond acceptors (Lipinski definition) is 1. The zero-order valence-corrected chi connectivity index (χ0v) is 27.8. The van der Waals surface area contributed by atoms with Gasteiger partial charge in [-0.2, -0.15) is 0 Å². The number of imidazole rings is 1. The van der Waals surface area contributed by atoms with E-state index < -0.39 is 0 Å². The van der Waals surface area contributed by atoms with Gasteiger partial charge in [0.1, 0.15) is 11.2 Å². The normalized spacial score (nSPS) is 13.5. The minimum absolute atomic E-state index is 0.0327. The van der Waals surface area contributed by atoms with Gasteiger partial charge in [-0.05, 0) is 94.3 Å². The first-order chi connectivity index (χ1) is 24.6. The van der Waals surface area contributed by atoms with Gasteiger partial charge in [-0.25, -0.2) is 0 Å². The third-order valence-corrected chi connectivity index (χ3v) is 11.9. The molecule has 6 heterocycles. The van der Waals surface area contributed by atoms with E-state index >= 15 is 0 Å². The van der Waals surface area contributed by atoms with Gasteiger partial charge in [0.05, 0.1) is 16.6 Å². The van der Waals surface area contributed by atoms with Crippen molar-refractivity contribution in [2.45, 2.75) is 20.8 Å². The molecule has 0 atom stereocenters. The SMILES string of the molecule is Cc1cc2c3c(c1)-n1c4c(C)cc(C)cc4n4c5oc6ccccc6c5c(c14)B3c1cccc3c4c5ccccc5c5ccccc5c4n-2c13. The molecule has 11 aromatic rings. The molecule has 0 fully saturated rings. The summed E-state index contributed by atoms with van der Waals surface area (Å²) in [4.78, 5) is 0. The number of fused-ring (bicyclic) bond motifs is 20. The topological polar surface area (TPSA) is 27.4 Å². The first kappa shape index (κ1) is 25.8. The number of para-hydroxylation sites is 2. The summed E-state index contributed by atoms with van der Waals surface area (Å²) in [5.41, 5.74) is 18.5. The van der Waals surface area contributed by atoms with E-state index in [1.807, 2.05) is 0 Å². The number of hydrogen-bond donors (Lipinski definition) is 0. The maximum Gasteiger partial charge on any atom is 0.255 e. The molecular formula is C45H28BN3O. The molecule has 2 aliphatic heterocycles. The molecule has 4 aromatic heterocycles. The van der Waals surface area contributed by atoms with E-state index in [1.165, 1.54) is 115 Å². The first-order valence-electron chi connectivity index (χ1n) is 17.6. The number of benzene rings is 7. The summed E-state index contributed by atoms with van der Waals surface area (Å²) in [7, 11) is 0. The Hall–Kier alpha value is -6.20. The van der Waals surface area contributed by atoms with E-state index in [0.29, 0.717) is 0 Å². The predicted molar refractivity (Wildman–Crippen MR) is 210 cm³/mol. The number of aromatic nitrogens is 3. The van der Waals surface area contributed by atoms with Crippen LogP contribution >= 0.6 is 0 Å². The Labute approximate surface area is 286 Å². The molecule has 50 heavy (non-hydrogen) atoms. The summed E-state index contributed by atoms with van der Waals surface area (Å²) >= 11 is 0. The van der Waals surface area contributed by atoms with Crippen molar-refractivity contribution >= 4 is 105 Å². The molecule has 0 N–H and O–H groups in total. The average molecular weight is 638 g/mol. The van der Waals surface area contributed by atoms with Crippen LogP contribution in [0.15, 0.2) is 120 Å². The van der Waals surface area contributed by atoms with Crippen LogP contribution in [-0.2, 0) is 0 Å². The average Bonchev–Trinajstić information content (AvgIpc) is 3.86. The van der Waals surface area contributed by atoms with Gasteiger partial charge >= 0.3 is 0 Å². The van der Waals surface area contributed by atoms with Crippen molar-refractivity contribution in [2.75, 3.05) is 0 Å². The van der Waals surface area contributed by atoms with Crippen LogP contribution in [0.1, 0.15) is 16.7 Å². The van der Waals surface area contributed by atoms with E-state index in [1.54, 1.807) is 0 Å². The van der Waals surface area contributed by atoms with E-state index in [4.69, 9.17) is 4.42 Å². The minimum atomic E-state index is 0.0327. The van der Waals surface area contributed by atoms with E-state index in [0.717, 1.165) is 11.3 Å². The van der Waals surface area contributed by atoms with Crippen LogP contribution in [0, 0.1) is 20.8 Å². The molecule has 0 saturated carbocycles. The second-order valence-corrected chi connectivity index (χ2v) is 14.7. The Morgan fingerprint density at radius 1 is 0.520 bits per heavy atom. The quantitative estimate of drug-likeness (QED) is 0.120. The maximum atomic E-state index is 6.87. The lowest BCUT2D eigenvalue weighted by molar-refractivity contribution is 0.651. The molecular weight excluding hydrogens is 609 g/mol. The smallest absolute Gasteiger partial charge is 0.255 e. The van der Waals surface area contributed by atoms with Crippen LogP contribution in [0.2, 0.25) is 0 Å². The Morgan fingerprint density at radius 3 is 2.00 bits per heavy atom. The van der Waals surface area contributed by atoms with Gasteiger partial charge in [-0.15, -0.1) is 0 Å². The highest BCUT2D eigenvalue weighted by Crippen LogP contribution is 2.45. The van der Waals surface area contributed by atoms with Gasteiger partial charge in [-0.3, -0.25) is 8.97 Å². The molecule has 0 aliphatic carbocycles. The zero-order chi connectivity index (χ0) is 32.7. The Morgan fingerprint density at radius 2 is 1.18 bits per heavy atom. The fourth-order valence-corrected chi connectivity index (χ4v) is 10.3. The molecule has 0 saturated heterocycles. The lowest BCUT2D eigenvalue weighted by Gasteiger charge is -2.33. The minimum Gasteiger partial charge on any atom is -0.439 e. The van der Waals surface area contributed by atoms with Gasteiger partial charge in [0.2, 0.25) is 5.71 Å². The third-order valence-electron chi connectivity index (χ3n) is 11.9. The first-order valence-corrected chi connectivity index (χ1v) is 17.6. The molecule has 232 valence electrons. The van der Waals surface area contributed by atoms with Gasteiger partial charge in [0, 0.05) is 43.8 Å². The van der Waals surface area contributed by atoms with Crippen molar-refractivity contribution in [2.24, 2.45) is 0 Å². The van der Waals surface area contributed by atoms with Crippen LogP contribution in [0.3, 0.4) is 0 Å². The van der Waals surface area contributed by atoms with E-state index in [2.05, 4.69) is 150 Å². The molecule has 0 unspecified atom stereocenters. The molecule has 0 amide bonds. The van der Waals surface area contributed by atoms with E-state index in [-0.39, 0.29) is 6.71 Å². The van der Waals surface area contributed by atoms with Crippen LogP contribution in [0.4, 0.5) is 0 Å². The standard InChI is InChI=1S/C45H28BN3O/c1-23-19-25(3)41-35(22-23)49-44-40(38-30-15-8-9-18-36(30)50-45(38)49)46-32-17-10-16-31-37-28-13-6-4-11-26(28)27-12-5-7-14-29(27)43(37)47(42(31)32)33-20-24(2)21-34(39(33)46)48(41)44/h4-22H,1-3H3. The van der Waals surface area contributed by atoms with Crippen LogP contribution in [-0.4, -0.2) is 20.2 Å². The highest BCUT2D eigenvalue weighted by molar-refractivity contribution is 7.01. The van der Waals surface area contributed by atoms with Crippen molar-refractivity contribution in [3.63, 3.8) is 0 Å². The molecule has 0 spiro atoms. The summed E-state index contributed by atoms with van der Waals surface area (Å²) in [6, 6.07) is 43.1. The molecule has 13 rings (SSSR count). The highest BCUT2D eigenvalue weighted by Gasteiger charge is 2.44. The van der Waals surface area contributed by atoms with Gasteiger partial charge in [0.15, 0.2) is 0 Å². The second-order valence-electron chi connectivity index (χ2n) is 14.7. The number of rotatable bonds is 0. The van der Waals surface area contributed by atoms with Gasteiger partial charge in [0.25, 0.3) is 6.71 Å².